The van der Waals surface area contributed by atoms with Crippen LogP contribution in [0.3, 0.4) is 0 Å². The molecule has 0 spiro atoms. The van der Waals surface area contributed by atoms with Gasteiger partial charge in [0.25, 0.3) is 0 Å². The van der Waals surface area contributed by atoms with Crippen molar-refractivity contribution in [3.05, 3.63) is 47.7 Å². The van der Waals surface area contributed by atoms with Gasteiger partial charge in [-0.3, -0.25) is 0 Å². The molecule has 2 heteroatoms. The molecule has 0 aromatic rings. The minimum absolute atomic E-state index is 0.0905. The minimum Gasteiger partial charge on any atom is -0.385 e. The average Bonchev–Trinajstić information content (AvgIpc) is 2.29. The third-order valence-electron chi connectivity index (χ3n) is 3.29. The second-order valence-electron chi connectivity index (χ2n) is 4.54. The van der Waals surface area contributed by atoms with E-state index in [-0.39, 0.29) is 6.04 Å². The highest BCUT2D eigenvalue weighted by Gasteiger charge is 2.26. The van der Waals surface area contributed by atoms with Crippen molar-refractivity contribution in [3.63, 3.8) is 0 Å². The van der Waals surface area contributed by atoms with Crippen molar-refractivity contribution < 1.29 is 0 Å². The molecule has 0 aromatic heterocycles. The largest absolute Gasteiger partial charge is 0.385 e. The van der Waals surface area contributed by atoms with Crippen LogP contribution in [0, 0.1) is 5.92 Å². The van der Waals surface area contributed by atoms with Crippen molar-refractivity contribution in [1.82, 2.24) is 5.32 Å². The Morgan fingerprint density at radius 3 is 2.94 bits per heavy atom. The summed E-state index contributed by atoms with van der Waals surface area (Å²) < 4.78 is 0. The lowest BCUT2D eigenvalue weighted by Crippen LogP contribution is -2.39. The first kappa shape index (κ1) is 11.2. The molecule has 0 heterocycles. The highest BCUT2D eigenvalue weighted by Crippen LogP contribution is 2.30. The Hall–Kier alpha value is -1.28. The molecule has 0 fully saturated rings. The summed E-state index contributed by atoms with van der Waals surface area (Å²) in [6.07, 6.45) is 13.8. The van der Waals surface area contributed by atoms with Crippen molar-refractivity contribution in [2.24, 2.45) is 11.7 Å². The van der Waals surface area contributed by atoms with Crippen LogP contribution >= 0.6 is 0 Å². The molecule has 3 unspecified atom stereocenters. The molecule has 2 aliphatic carbocycles. The predicted molar refractivity (Wildman–Crippen MR) is 68.8 cm³/mol. The molecule has 0 aromatic carbocycles. The molecule has 86 valence electrons. The van der Waals surface area contributed by atoms with E-state index in [9.17, 15) is 0 Å². The topological polar surface area (TPSA) is 38.0 Å². The van der Waals surface area contributed by atoms with Gasteiger partial charge in [0.15, 0.2) is 0 Å². The summed E-state index contributed by atoms with van der Waals surface area (Å²) in [5, 5.41) is 3.55. The summed E-state index contributed by atoms with van der Waals surface area (Å²) in [7, 11) is 0. The summed E-state index contributed by atoms with van der Waals surface area (Å²) in [4.78, 5) is 0. The Balaban J connectivity index is 2.19. The first-order valence-corrected chi connectivity index (χ1v) is 6.01. The Labute approximate surface area is 97.6 Å². The van der Waals surface area contributed by atoms with E-state index in [0.717, 1.165) is 6.42 Å². The van der Waals surface area contributed by atoms with Crippen molar-refractivity contribution in [1.29, 1.82) is 0 Å². The lowest BCUT2D eigenvalue weighted by Gasteiger charge is -2.32. The van der Waals surface area contributed by atoms with Crippen molar-refractivity contribution >= 4 is 0 Å². The van der Waals surface area contributed by atoms with Crippen LogP contribution in [0.15, 0.2) is 47.7 Å². The fourth-order valence-electron chi connectivity index (χ4n) is 2.17. The van der Waals surface area contributed by atoms with Gasteiger partial charge >= 0.3 is 0 Å². The van der Waals surface area contributed by atoms with Crippen LogP contribution in [-0.2, 0) is 0 Å². The number of hydrogen-bond donors (Lipinski definition) is 2. The minimum atomic E-state index is 0.0905. The van der Waals surface area contributed by atoms with Gasteiger partial charge in [-0.2, -0.15) is 0 Å². The highest BCUT2D eigenvalue weighted by atomic mass is 14.9. The van der Waals surface area contributed by atoms with E-state index in [1.54, 1.807) is 0 Å². The van der Waals surface area contributed by atoms with E-state index in [1.165, 1.54) is 11.3 Å². The molecule has 3 N–H and O–H groups in total. The van der Waals surface area contributed by atoms with Crippen LogP contribution in [0.4, 0.5) is 0 Å². The third kappa shape index (κ3) is 2.12. The van der Waals surface area contributed by atoms with E-state index < -0.39 is 0 Å². The lowest BCUT2D eigenvalue weighted by atomic mass is 9.82. The van der Waals surface area contributed by atoms with Gasteiger partial charge in [-0.05, 0) is 25.0 Å². The van der Waals surface area contributed by atoms with Gasteiger partial charge < -0.3 is 11.1 Å². The maximum Gasteiger partial charge on any atom is 0.0424 e. The molecule has 0 saturated heterocycles. The second kappa shape index (κ2) is 4.71. The maximum atomic E-state index is 6.15. The molecule has 16 heavy (non-hydrogen) atoms. The van der Waals surface area contributed by atoms with Crippen molar-refractivity contribution in [2.45, 2.75) is 32.4 Å². The van der Waals surface area contributed by atoms with E-state index in [0.29, 0.717) is 12.0 Å². The summed E-state index contributed by atoms with van der Waals surface area (Å²) in [5.74, 6) is 0.309. The summed E-state index contributed by atoms with van der Waals surface area (Å²) in [5.41, 5.74) is 8.71. The van der Waals surface area contributed by atoms with Gasteiger partial charge in [0.1, 0.15) is 0 Å². The molecule has 3 atom stereocenters. The Morgan fingerprint density at radius 2 is 2.19 bits per heavy atom. The van der Waals surface area contributed by atoms with Gasteiger partial charge in [-0.15, -0.1) is 0 Å². The Kier molecular flexibility index (Phi) is 3.30. The number of rotatable bonds is 3. The molecule has 0 bridgehead atoms. The average molecular weight is 216 g/mol. The molecule has 2 aliphatic rings. The van der Waals surface area contributed by atoms with Crippen molar-refractivity contribution in [3.8, 4) is 0 Å². The van der Waals surface area contributed by atoms with Gasteiger partial charge in [0.05, 0.1) is 0 Å². The van der Waals surface area contributed by atoms with Crippen LogP contribution in [0.5, 0.6) is 0 Å². The van der Waals surface area contributed by atoms with Crippen LogP contribution in [0.2, 0.25) is 0 Å². The molecule has 0 radical (unpaired) electrons. The van der Waals surface area contributed by atoms with Crippen molar-refractivity contribution in [2.75, 3.05) is 0 Å². The van der Waals surface area contributed by atoms with Crippen LogP contribution in [-0.4, -0.2) is 12.1 Å². The third-order valence-corrected chi connectivity index (χ3v) is 3.29. The smallest absolute Gasteiger partial charge is 0.0424 e. The van der Waals surface area contributed by atoms with Gasteiger partial charge in [0.2, 0.25) is 0 Å². The molecular weight excluding hydrogens is 196 g/mol. The number of fused-ring (bicyclic) bond motifs is 1. The van der Waals surface area contributed by atoms with E-state index in [4.69, 9.17) is 5.73 Å². The van der Waals surface area contributed by atoms with Gasteiger partial charge in [-0.25, -0.2) is 0 Å². The predicted octanol–water partition coefficient (Wildman–Crippen LogP) is 2.27. The summed E-state index contributed by atoms with van der Waals surface area (Å²) in [6, 6.07) is 0.588. The lowest BCUT2D eigenvalue weighted by molar-refractivity contribution is 0.512. The van der Waals surface area contributed by atoms with Crippen LogP contribution in [0.1, 0.15) is 20.3 Å². The number of nitrogens with two attached hydrogens (primary N) is 1. The summed E-state index contributed by atoms with van der Waals surface area (Å²) >= 11 is 0. The fraction of sp³-hybridized carbons (Fsp3) is 0.429. The monoisotopic (exact) mass is 216 g/mol. The molecule has 2 rings (SSSR count). The van der Waals surface area contributed by atoms with Gasteiger partial charge in [-0.1, -0.05) is 37.3 Å². The first-order chi connectivity index (χ1) is 7.72. The van der Waals surface area contributed by atoms with Crippen LogP contribution < -0.4 is 11.1 Å². The summed E-state index contributed by atoms with van der Waals surface area (Å²) in [6.45, 7) is 4.39. The Bertz CT molecular complexity index is 374. The molecular formula is C14H20N2. The molecule has 2 nitrogen and oxygen atoms in total. The zero-order valence-electron chi connectivity index (χ0n) is 9.98. The molecule has 0 saturated carbocycles. The first-order valence-electron chi connectivity index (χ1n) is 6.01. The number of nitrogens with one attached hydrogen (secondary N) is 1. The van der Waals surface area contributed by atoms with Gasteiger partial charge in [0, 0.05) is 23.7 Å². The Morgan fingerprint density at radius 1 is 1.38 bits per heavy atom. The highest BCUT2D eigenvalue weighted by molar-refractivity contribution is 5.44. The molecule has 0 amide bonds. The normalized spacial score (nSPS) is 29.2. The zero-order chi connectivity index (χ0) is 11.5. The second-order valence-corrected chi connectivity index (χ2v) is 4.54. The number of allylic oxidation sites excluding steroid dienone is 5. The van der Waals surface area contributed by atoms with E-state index in [1.807, 2.05) is 6.08 Å². The number of hydrogen-bond acceptors (Lipinski definition) is 2. The maximum absolute atomic E-state index is 6.15. The standard InChI is InChI=1S/C14H20N2/c1-3-10(2)16-13-9-5-7-11-6-4-8-12(15)14(11)13/h4-10,12,14,16H,3,15H2,1-2H3. The SMILES string of the molecule is CCC(C)NC1=CC=CC2=CC=CC(N)C21. The molecule has 0 aliphatic heterocycles. The van der Waals surface area contributed by atoms with E-state index in [2.05, 4.69) is 49.5 Å². The quantitative estimate of drug-likeness (QED) is 0.759. The van der Waals surface area contributed by atoms with E-state index >= 15 is 0 Å². The fourth-order valence-corrected chi connectivity index (χ4v) is 2.17. The van der Waals surface area contributed by atoms with Crippen LogP contribution in [0.25, 0.3) is 0 Å². The zero-order valence-corrected chi connectivity index (χ0v) is 9.98.